The molecule has 2 heterocycles. The number of ether oxygens (including phenoxy) is 2. The molecule has 0 saturated carbocycles. The summed E-state index contributed by atoms with van der Waals surface area (Å²) in [5, 5.41) is 22.8. The van der Waals surface area contributed by atoms with Crippen LogP contribution in [0.25, 0.3) is 5.76 Å². The molecule has 0 radical (unpaired) electrons. The van der Waals surface area contributed by atoms with Crippen molar-refractivity contribution >= 4 is 45.6 Å². The number of nitrogens with zero attached hydrogens (tertiary/aromatic N) is 3. The predicted octanol–water partition coefficient (Wildman–Crippen LogP) is 4.95. The first kappa shape index (κ1) is 27.5. The number of aryl methyl sites for hydroxylation is 1. The lowest BCUT2D eigenvalue weighted by Crippen LogP contribution is -2.29. The number of aliphatic hydroxyl groups is 1. The number of nitro groups is 1. The molecule has 11 nitrogen and oxygen atoms in total. The molecule has 1 aliphatic rings. The molecule has 2 aromatic carbocycles. The number of esters is 1. The summed E-state index contributed by atoms with van der Waals surface area (Å²) in [5.41, 5.74) is 0.193. The van der Waals surface area contributed by atoms with Crippen molar-refractivity contribution in [2.24, 2.45) is 0 Å². The van der Waals surface area contributed by atoms with Crippen molar-refractivity contribution in [2.45, 2.75) is 32.7 Å². The SMILES string of the molecule is CCCCOc1ccc(/C(O)=C2\C(=O)C(=O)N(c3nc(C)c(C(=O)OC)s3)C2c2cccc([N+](=O)[O-])c2)cc1. The topological polar surface area (TPSA) is 149 Å². The maximum atomic E-state index is 13.3. The van der Waals surface area contributed by atoms with Crippen LogP contribution in [0.3, 0.4) is 0 Å². The van der Waals surface area contributed by atoms with E-state index in [1.165, 1.54) is 31.4 Å². The number of anilines is 1. The number of amides is 1. The highest BCUT2D eigenvalue weighted by Gasteiger charge is 2.48. The maximum absolute atomic E-state index is 13.3. The van der Waals surface area contributed by atoms with Gasteiger partial charge < -0.3 is 14.6 Å². The number of non-ortho nitro benzene ring substituents is 1. The molecule has 0 spiro atoms. The molecular formula is C27H25N3O8S. The molecule has 1 aromatic heterocycles. The van der Waals surface area contributed by atoms with Gasteiger partial charge in [0, 0.05) is 17.7 Å². The van der Waals surface area contributed by atoms with Crippen molar-refractivity contribution in [3.63, 3.8) is 0 Å². The number of carbonyl (C=O) groups is 3. The average Bonchev–Trinajstić information content (AvgIpc) is 3.44. The Bertz CT molecular complexity index is 1480. The lowest BCUT2D eigenvalue weighted by atomic mass is 9.95. The van der Waals surface area contributed by atoms with E-state index in [0.29, 0.717) is 12.4 Å². The third-order valence-electron chi connectivity index (χ3n) is 6.10. The van der Waals surface area contributed by atoms with Crippen LogP contribution in [0.15, 0.2) is 54.1 Å². The number of methoxy groups -OCH3 is 1. The van der Waals surface area contributed by atoms with Crippen LogP contribution in [0.5, 0.6) is 5.75 Å². The van der Waals surface area contributed by atoms with Crippen molar-refractivity contribution in [1.29, 1.82) is 0 Å². The summed E-state index contributed by atoms with van der Waals surface area (Å²) in [6.07, 6.45) is 1.85. The van der Waals surface area contributed by atoms with E-state index in [4.69, 9.17) is 9.47 Å². The summed E-state index contributed by atoms with van der Waals surface area (Å²) >= 11 is 0.838. The largest absolute Gasteiger partial charge is 0.507 e. The first-order valence-corrected chi connectivity index (χ1v) is 12.8. The Morgan fingerprint density at radius 1 is 1.21 bits per heavy atom. The van der Waals surface area contributed by atoms with Gasteiger partial charge in [-0.05, 0) is 43.2 Å². The van der Waals surface area contributed by atoms with Gasteiger partial charge in [0.05, 0.1) is 35.9 Å². The number of benzene rings is 2. The third-order valence-corrected chi connectivity index (χ3v) is 7.23. The van der Waals surface area contributed by atoms with E-state index in [1.807, 2.05) is 6.92 Å². The second kappa shape index (κ2) is 11.4. The molecule has 39 heavy (non-hydrogen) atoms. The van der Waals surface area contributed by atoms with E-state index in [-0.39, 0.29) is 38.1 Å². The van der Waals surface area contributed by atoms with E-state index in [0.717, 1.165) is 29.1 Å². The lowest BCUT2D eigenvalue weighted by Gasteiger charge is -2.22. The van der Waals surface area contributed by atoms with Gasteiger partial charge in [0.1, 0.15) is 16.4 Å². The van der Waals surface area contributed by atoms with Crippen LogP contribution in [0, 0.1) is 17.0 Å². The molecule has 0 aliphatic carbocycles. The van der Waals surface area contributed by atoms with Crippen LogP contribution in [0.4, 0.5) is 10.8 Å². The number of hydrogen-bond acceptors (Lipinski definition) is 10. The van der Waals surface area contributed by atoms with Crippen LogP contribution in [0.1, 0.15) is 52.3 Å². The Kier molecular flexibility index (Phi) is 8.05. The number of carbonyl (C=O) groups excluding carboxylic acids is 3. The van der Waals surface area contributed by atoms with Crippen LogP contribution < -0.4 is 9.64 Å². The van der Waals surface area contributed by atoms with Gasteiger partial charge in [-0.15, -0.1) is 0 Å². The number of aromatic nitrogens is 1. The molecule has 1 amide bonds. The van der Waals surface area contributed by atoms with Crippen LogP contribution in [-0.4, -0.2) is 46.4 Å². The molecule has 1 unspecified atom stereocenters. The second-order valence-corrected chi connectivity index (χ2v) is 9.63. The van der Waals surface area contributed by atoms with Crippen LogP contribution in [-0.2, 0) is 14.3 Å². The first-order valence-electron chi connectivity index (χ1n) is 12.0. The van der Waals surface area contributed by atoms with E-state index in [1.54, 1.807) is 31.2 Å². The van der Waals surface area contributed by atoms with Crippen molar-refractivity contribution in [1.82, 2.24) is 4.98 Å². The molecule has 1 N–H and O–H groups in total. The Morgan fingerprint density at radius 2 is 1.92 bits per heavy atom. The third kappa shape index (κ3) is 5.36. The lowest BCUT2D eigenvalue weighted by molar-refractivity contribution is -0.384. The normalized spacial score (nSPS) is 16.4. The van der Waals surface area contributed by atoms with Gasteiger partial charge in [-0.3, -0.25) is 24.6 Å². The highest BCUT2D eigenvalue weighted by Crippen LogP contribution is 2.44. The zero-order valence-electron chi connectivity index (χ0n) is 21.4. The Labute approximate surface area is 227 Å². The Balaban J connectivity index is 1.86. The molecule has 202 valence electrons. The molecule has 12 heteroatoms. The summed E-state index contributed by atoms with van der Waals surface area (Å²) in [6.45, 7) is 4.12. The number of rotatable bonds is 9. The second-order valence-electron chi connectivity index (χ2n) is 8.65. The molecule has 4 rings (SSSR count). The number of thiazole rings is 1. The van der Waals surface area contributed by atoms with E-state index < -0.39 is 34.4 Å². The van der Waals surface area contributed by atoms with Crippen molar-refractivity contribution in [2.75, 3.05) is 18.6 Å². The summed E-state index contributed by atoms with van der Waals surface area (Å²) in [6, 6.07) is 10.6. The Hall–Kier alpha value is -4.58. The zero-order chi connectivity index (χ0) is 28.3. The molecule has 1 saturated heterocycles. The quantitative estimate of drug-likeness (QED) is 0.0741. The number of Topliss-reactive ketones (excluding diaryl/α,β-unsaturated/α-hetero) is 1. The number of unbranched alkanes of at least 4 members (excludes halogenated alkanes) is 1. The van der Waals surface area contributed by atoms with Gasteiger partial charge in [0.2, 0.25) is 0 Å². The summed E-state index contributed by atoms with van der Waals surface area (Å²) < 4.78 is 10.4. The molecule has 0 bridgehead atoms. The predicted molar refractivity (Wildman–Crippen MR) is 143 cm³/mol. The van der Waals surface area contributed by atoms with Crippen molar-refractivity contribution in [3.05, 3.63) is 85.9 Å². The van der Waals surface area contributed by atoms with Crippen molar-refractivity contribution in [3.8, 4) is 5.75 Å². The number of aliphatic hydroxyl groups excluding tert-OH is 1. The number of hydrogen-bond donors (Lipinski definition) is 1. The van der Waals surface area contributed by atoms with Crippen molar-refractivity contribution < 1.29 is 33.9 Å². The summed E-state index contributed by atoms with van der Waals surface area (Å²) in [4.78, 5) is 55.3. The van der Waals surface area contributed by atoms with E-state index >= 15 is 0 Å². The minimum Gasteiger partial charge on any atom is -0.507 e. The molecule has 3 aromatic rings. The molecule has 1 fully saturated rings. The summed E-state index contributed by atoms with van der Waals surface area (Å²) in [7, 11) is 1.20. The minimum absolute atomic E-state index is 0.00484. The fourth-order valence-corrected chi connectivity index (χ4v) is 5.13. The van der Waals surface area contributed by atoms with Gasteiger partial charge in [-0.25, -0.2) is 9.78 Å². The standard InChI is InChI=1S/C27H25N3O8S/c1-4-5-13-38-19-11-9-16(10-12-19)22(31)20-21(17-7-6-8-18(14-17)30(35)36)29(25(33)23(20)32)27-28-15(2)24(39-27)26(34)37-3/h6-12,14,21,31H,4-5,13H2,1-3H3/b22-20+. The van der Waals surface area contributed by atoms with Gasteiger partial charge in [-0.1, -0.05) is 36.8 Å². The van der Waals surface area contributed by atoms with Gasteiger partial charge >= 0.3 is 11.9 Å². The first-order chi connectivity index (χ1) is 18.7. The van der Waals surface area contributed by atoms with Crippen LogP contribution in [0.2, 0.25) is 0 Å². The van der Waals surface area contributed by atoms with Gasteiger partial charge in [0.25, 0.3) is 11.5 Å². The summed E-state index contributed by atoms with van der Waals surface area (Å²) in [5.74, 6) is -2.56. The number of nitro benzene ring substituents is 1. The zero-order valence-corrected chi connectivity index (χ0v) is 22.2. The monoisotopic (exact) mass is 551 g/mol. The minimum atomic E-state index is -1.25. The van der Waals surface area contributed by atoms with Gasteiger partial charge in [0.15, 0.2) is 5.13 Å². The molecule has 1 atom stereocenters. The average molecular weight is 552 g/mol. The number of ketones is 1. The highest BCUT2D eigenvalue weighted by molar-refractivity contribution is 7.17. The molecule has 1 aliphatic heterocycles. The Morgan fingerprint density at radius 3 is 2.56 bits per heavy atom. The van der Waals surface area contributed by atoms with Crippen LogP contribution >= 0.6 is 11.3 Å². The fourth-order valence-electron chi connectivity index (χ4n) is 4.12. The maximum Gasteiger partial charge on any atom is 0.350 e. The fraction of sp³-hybridized carbons (Fsp3) is 0.259. The van der Waals surface area contributed by atoms with Gasteiger partial charge in [-0.2, -0.15) is 0 Å². The van der Waals surface area contributed by atoms with E-state index in [9.17, 15) is 29.6 Å². The smallest absolute Gasteiger partial charge is 0.350 e. The van der Waals surface area contributed by atoms with E-state index in [2.05, 4.69) is 4.98 Å². The highest BCUT2D eigenvalue weighted by atomic mass is 32.1. The molecular weight excluding hydrogens is 526 g/mol.